The molecule has 1 aromatic rings. The highest BCUT2D eigenvalue weighted by Gasteiger charge is 2.40. The summed E-state index contributed by atoms with van der Waals surface area (Å²) in [4.78, 5) is 12.6. The first-order valence-corrected chi connectivity index (χ1v) is 6.95. The number of halogens is 1. The Morgan fingerprint density at radius 3 is 2.63 bits per heavy atom. The van der Waals surface area contributed by atoms with Crippen molar-refractivity contribution < 1.29 is 14.6 Å². The summed E-state index contributed by atoms with van der Waals surface area (Å²) in [6, 6.07) is 4.90. The Morgan fingerprint density at radius 2 is 2.05 bits per heavy atom. The van der Waals surface area contributed by atoms with Gasteiger partial charge in [0, 0.05) is 5.02 Å². The first-order chi connectivity index (χ1) is 8.96. The highest BCUT2D eigenvalue weighted by Crippen LogP contribution is 2.36. The molecule has 0 aliphatic heterocycles. The van der Waals surface area contributed by atoms with Gasteiger partial charge in [-0.15, -0.1) is 0 Å². The first kappa shape index (κ1) is 14.4. The second-order valence-corrected chi connectivity index (χ2v) is 5.82. The molecular weight excluding hydrogens is 264 g/mol. The summed E-state index contributed by atoms with van der Waals surface area (Å²) in [5.74, 6) is 0.745. The van der Waals surface area contributed by atoms with Gasteiger partial charge in [0.25, 0.3) is 0 Å². The number of aliphatic hydroxyl groups is 1. The summed E-state index contributed by atoms with van der Waals surface area (Å²) in [5, 5.41) is 11.0. The molecule has 104 valence electrons. The molecule has 1 aliphatic carbocycles. The van der Waals surface area contributed by atoms with E-state index in [1.807, 2.05) is 0 Å². The van der Waals surface area contributed by atoms with Gasteiger partial charge >= 0.3 is 0 Å². The quantitative estimate of drug-likeness (QED) is 0.864. The lowest BCUT2D eigenvalue weighted by atomic mass is 9.75. The molecule has 1 saturated carbocycles. The molecule has 0 radical (unpaired) electrons. The van der Waals surface area contributed by atoms with Crippen LogP contribution in [0.4, 0.5) is 0 Å². The minimum Gasteiger partial charge on any atom is -0.496 e. The smallest absolute Gasteiger partial charge is 0.198 e. The summed E-state index contributed by atoms with van der Waals surface area (Å²) in [7, 11) is 1.51. The third-order valence-electron chi connectivity index (χ3n) is 3.93. The van der Waals surface area contributed by atoms with Gasteiger partial charge in [0.1, 0.15) is 11.4 Å². The topological polar surface area (TPSA) is 46.5 Å². The van der Waals surface area contributed by atoms with Gasteiger partial charge in [-0.1, -0.05) is 18.5 Å². The van der Waals surface area contributed by atoms with Crippen molar-refractivity contribution >= 4 is 17.4 Å². The lowest BCUT2D eigenvalue weighted by Gasteiger charge is -2.33. The maximum Gasteiger partial charge on any atom is 0.198 e. The molecule has 2 rings (SSSR count). The van der Waals surface area contributed by atoms with E-state index in [1.54, 1.807) is 18.2 Å². The highest BCUT2D eigenvalue weighted by atomic mass is 35.5. The third-order valence-corrected chi connectivity index (χ3v) is 4.17. The van der Waals surface area contributed by atoms with E-state index in [1.165, 1.54) is 7.11 Å². The Labute approximate surface area is 118 Å². The number of hydrogen-bond donors (Lipinski definition) is 1. The van der Waals surface area contributed by atoms with E-state index < -0.39 is 5.60 Å². The standard InChI is InChI=1S/C15H19ClO3/c1-10-5-7-15(18,8-6-10)14(17)12-9-11(16)3-4-13(12)19-2/h3-4,9-10,18H,5-8H2,1-2H3. The van der Waals surface area contributed by atoms with Crippen molar-refractivity contribution in [2.75, 3.05) is 7.11 Å². The van der Waals surface area contributed by atoms with Crippen LogP contribution in [-0.4, -0.2) is 23.6 Å². The van der Waals surface area contributed by atoms with Gasteiger partial charge < -0.3 is 9.84 Å². The Balaban J connectivity index is 2.31. The number of carbonyl (C=O) groups is 1. The molecule has 1 aliphatic rings. The Morgan fingerprint density at radius 1 is 1.42 bits per heavy atom. The number of rotatable bonds is 3. The summed E-state index contributed by atoms with van der Waals surface area (Å²) >= 11 is 5.94. The van der Waals surface area contributed by atoms with E-state index in [0.717, 1.165) is 12.8 Å². The van der Waals surface area contributed by atoms with Crippen LogP contribution >= 0.6 is 11.6 Å². The predicted molar refractivity (Wildman–Crippen MR) is 74.9 cm³/mol. The summed E-state index contributed by atoms with van der Waals surface area (Å²) in [6.07, 6.45) is 2.74. The molecule has 0 spiro atoms. The van der Waals surface area contributed by atoms with Gasteiger partial charge in [-0.3, -0.25) is 4.79 Å². The molecule has 1 aromatic carbocycles. The number of ketones is 1. The van der Waals surface area contributed by atoms with Crippen molar-refractivity contribution in [1.29, 1.82) is 0 Å². The second-order valence-electron chi connectivity index (χ2n) is 5.39. The summed E-state index contributed by atoms with van der Waals surface area (Å²) in [6.45, 7) is 2.14. The average Bonchev–Trinajstić information content (AvgIpc) is 2.41. The number of benzene rings is 1. The van der Waals surface area contributed by atoms with Gasteiger partial charge in [-0.05, 0) is 49.8 Å². The van der Waals surface area contributed by atoms with Gasteiger partial charge in [-0.25, -0.2) is 0 Å². The largest absolute Gasteiger partial charge is 0.496 e. The minimum atomic E-state index is -1.27. The molecule has 0 atom stereocenters. The number of carbonyl (C=O) groups excluding carboxylic acids is 1. The van der Waals surface area contributed by atoms with Crippen LogP contribution < -0.4 is 4.74 Å². The minimum absolute atomic E-state index is 0.279. The molecule has 0 aromatic heterocycles. The van der Waals surface area contributed by atoms with Crippen molar-refractivity contribution in [2.45, 2.75) is 38.2 Å². The van der Waals surface area contributed by atoms with E-state index in [0.29, 0.717) is 35.1 Å². The summed E-state index contributed by atoms with van der Waals surface area (Å²) in [5.41, 5.74) is -0.906. The van der Waals surface area contributed by atoms with Crippen molar-refractivity contribution in [3.05, 3.63) is 28.8 Å². The van der Waals surface area contributed by atoms with E-state index in [-0.39, 0.29) is 5.78 Å². The fraction of sp³-hybridized carbons (Fsp3) is 0.533. The van der Waals surface area contributed by atoms with Crippen molar-refractivity contribution in [3.63, 3.8) is 0 Å². The molecular formula is C15H19ClO3. The zero-order valence-electron chi connectivity index (χ0n) is 11.3. The fourth-order valence-electron chi connectivity index (χ4n) is 2.58. The van der Waals surface area contributed by atoms with Crippen molar-refractivity contribution in [3.8, 4) is 5.75 Å². The Kier molecular flexibility index (Phi) is 4.16. The molecule has 4 heteroatoms. The van der Waals surface area contributed by atoms with Crippen LogP contribution in [0.2, 0.25) is 5.02 Å². The maximum atomic E-state index is 12.6. The van der Waals surface area contributed by atoms with E-state index in [2.05, 4.69) is 6.92 Å². The highest BCUT2D eigenvalue weighted by molar-refractivity contribution is 6.31. The zero-order valence-corrected chi connectivity index (χ0v) is 12.0. The lowest BCUT2D eigenvalue weighted by molar-refractivity contribution is 0.00405. The van der Waals surface area contributed by atoms with Crippen molar-refractivity contribution in [1.82, 2.24) is 0 Å². The SMILES string of the molecule is COc1ccc(Cl)cc1C(=O)C1(O)CCC(C)CC1. The Hall–Kier alpha value is -1.06. The van der Waals surface area contributed by atoms with E-state index in [9.17, 15) is 9.90 Å². The number of Topliss-reactive ketones (excluding diaryl/α,β-unsaturated/α-hetero) is 1. The van der Waals surface area contributed by atoms with Crippen molar-refractivity contribution in [2.24, 2.45) is 5.92 Å². The van der Waals surface area contributed by atoms with Gasteiger partial charge in [0.05, 0.1) is 12.7 Å². The van der Waals surface area contributed by atoms with E-state index in [4.69, 9.17) is 16.3 Å². The maximum absolute atomic E-state index is 12.6. The molecule has 0 bridgehead atoms. The number of methoxy groups -OCH3 is 1. The third kappa shape index (κ3) is 2.93. The average molecular weight is 283 g/mol. The van der Waals surface area contributed by atoms with Crippen LogP contribution in [0.3, 0.4) is 0 Å². The fourth-order valence-corrected chi connectivity index (χ4v) is 2.75. The van der Waals surface area contributed by atoms with Crippen LogP contribution in [0.5, 0.6) is 5.75 Å². The zero-order chi connectivity index (χ0) is 14.0. The molecule has 0 saturated heterocycles. The molecule has 0 heterocycles. The normalized spacial score (nSPS) is 27.1. The van der Waals surface area contributed by atoms with Crippen LogP contribution in [0.15, 0.2) is 18.2 Å². The molecule has 0 amide bonds. The van der Waals surface area contributed by atoms with Crippen LogP contribution in [-0.2, 0) is 0 Å². The monoisotopic (exact) mass is 282 g/mol. The number of ether oxygens (including phenoxy) is 1. The molecule has 1 fully saturated rings. The second kappa shape index (κ2) is 5.51. The molecule has 0 unspecified atom stereocenters. The van der Waals surface area contributed by atoms with Crippen LogP contribution in [0.25, 0.3) is 0 Å². The van der Waals surface area contributed by atoms with Gasteiger partial charge in [0.15, 0.2) is 5.78 Å². The Bertz CT molecular complexity index is 476. The lowest BCUT2D eigenvalue weighted by Crippen LogP contribution is -2.42. The molecule has 3 nitrogen and oxygen atoms in total. The molecule has 1 N–H and O–H groups in total. The van der Waals surface area contributed by atoms with Crippen LogP contribution in [0, 0.1) is 5.92 Å². The molecule has 19 heavy (non-hydrogen) atoms. The first-order valence-electron chi connectivity index (χ1n) is 6.57. The van der Waals surface area contributed by atoms with Gasteiger partial charge in [0.2, 0.25) is 0 Å². The summed E-state index contributed by atoms with van der Waals surface area (Å²) < 4.78 is 5.19. The van der Waals surface area contributed by atoms with Gasteiger partial charge in [-0.2, -0.15) is 0 Å². The van der Waals surface area contributed by atoms with Crippen LogP contribution in [0.1, 0.15) is 43.0 Å². The van der Waals surface area contributed by atoms with E-state index >= 15 is 0 Å². The predicted octanol–water partition coefficient (Wildman–Crippen LogP) is 3.47. The number of hydrogen-bond acceptors (Lipinski definition) is 3.